The number of ether oxygens (including phenoxy) is 2. The molecule has 1 heterocycles. The van der Waals surface area contributed by atoms with E-state index in [0.717, 1.165) is 13.0 Å². The van der Waals surface area contributed by atoms with Crippen LogP contribution in [0.25, 0.3) is 0 Å². The zero-order chi connectivity index (χ0) is 12.5. The van der Waals surface area contributed by atoms with Gasteiger partial charge in [0.15, 0.2) is 0 Å². The Labute approximate surface area is 102 Å². The third kappa shape index (κ3) is 5.35. The first-order valence-electron chi connectivity index (χ1n) is 5.85. The molecule has 3 N–H and O–H groups in total. The van der Waals surface area contributed by atoms with Gasteiger partial charge in [-0.05, 0) is 13.3 Å². The van der Waals surface area contributed by atoms with Crippen molar-refractivity contribution in [2.45, 2.75) is 20.3 Å². The summed E-state index contributed by atoms with van der Waals surface area (Å²) in [5.41, 5.74) is 5.59. The molecule has 6 heteroatoms. The van der Waals surface area contributed by atoms with Crippen molar-refractivity contribution in [2.24, 2.45) is 0 Å². The van der Waals surface area contributed by atoms with Crippen LogP contribution in [0, 0.1) is 0 Å². The fourth-order valence-electron chi connectivity index (χ4n) is 1.21. The lowest BCUT2D eigenvalue weighted by Gasteiger charge is -2.08. The first-order chi connectivity index (χ1) is 8.26. The molecule has 0 spiro atoms. The van der Waals surface area contributed by atoms with Crippen molar-refractivity contribution >= 4 is 11.8 Å². The molecule has 17 heavy (non-hydrogen) atoms. The highest BCUT2D eigenvalue weighted by Gasteiger charge is 2.02. The second kappa shape index (κ2) is 7.67. The summed E-state index contributed by atoms with van der Waals surface area (Å²) in [4.78, 5) is 8.05. The molecule has 0 saturated heterocycles. The monoisotopic (exact) mass is 240 g/mol. The van der Waals surface area contributed by atoms with Gasteiger partial charge in [-0.1, -0.05) is 6.92 Å². The van der Waals surface area contributed by atoms with Crippen LogP contribution in [0.5, 0.6) is 5.88 Å². The molecule has 0 saturated carbocycles. The molecular formula is C11H20N4O2. The fraction of sp³-hybridized carbons (Fsp3) is 0.636. The molecule has 0 fully saturated rings. The minimum atomic E-state index is 0.206. The molecule has 1 aromatic heterocycles. The number of hydrogen-bond donors (Lipinski definition) is 2. The molecule has 1 rings (SSSR count). The van der Waals surface area contributed by atoms with E-state index in [-0.39, 0.29) is 5.95 Å². The van der Waals surface area contributed by atoms with Crippen LogP contribution in [0.3, 0.4) is 0 Å². The number of nitrogens with one attached hydrogen (secondary N) is 1. The Morgan fingerprint density at radius 3 is 2.82 bits per heavy atom. The molecule has 0 aliphatic rings. The van der Waals surface area contributed by atoms with Gasteiger partial charge in [-0.3, -0.25) is 0 Å². The minimum Gasteiger partial charge on any atom is -0.475 e. The zero-order valence-electron chi connectivity index (χ0n) is 10.4. The maximum Gasteiger partial charge on any atom is 0.225 e. The van der Waals surface area contributed by atoms with Crippen molar-refractivity contribution in [1.82, 2.24) is 9.97 Å². The van der Waals surface area contributed by atoms with Crippen molar-refractivity contribution in [3.63, 3.8) is 0 Å². The van der Waals surface area contributed by atoms with Crippen LogP contribution in [0.1, 0.15) is 20.3 Å². The second-order valence-corrected chi connectivity index (χ2v) is 3.42. The molecule has 0 amide bonds. The summed E-state index contributed by atoms with van der Waals surface area (Å²) in [5.74, 6) is 1.36. The van der Waals surface area contributed by atoms with Crippen LogP contribution < -0.4 is 15.8 Å². The molecule has 0 bridgehead atoms. The standard InChI is InChI=1S/C11H20N4O2/c1-3-5-13-9-8-10(15-11(12)14-9)17-7-6-16-4-2/h8H,3-7H2,1-2H3,(H3,12,13,14,15). The van der Waals surface area contributed by atoms with E-state index in [4.69, 9.17) is 15.2 Å². The number of hydrogen-bond acceptors (Lipinski definition) is 6. The Kier molecular flexibility index (Phi) is 6.09. The van der Waals surface area contributed by atoms with E-state index in [9.17, 15) is 0 Å². The predicted molar refractivity (Wildman–Crippen MR) is 67.2 cm³/mol. The number of nitrogens with two attached hydrogens (primary N) is 1. The molecule has 96 valence electrons. The number of nitrogens with zero attached hydrogens (tertiary/aromatic N) is 2. The van der Waals surface area contributed by atoms with E-state index in [1.165, 1.54) is 0 Å². The normalized spacial score (nSPS) is 10.2. The molecule has 0 unspecified atom stereocenters. The van der Waals surface area contributed by atoms with E-state index < -0.39 is 0 Å². The number of aromatic nitrogens is 2. The molecule has 0 atom stereocenters. The van der Waals surface area contributed by atoms with Crippen molar-refractivity contribution in [2.75, 3.05) is 37.4 Å². The lowest BCUT2D eigenvalue weighted by atomic mass is 10.4. The fourth-order valence-corrected chi connectivity index (χ4v) is 1.21. The van der Waals surface area contributed by atoms with Gasteiger partial charge in [0, 0.05) is 19.2 Å². The Morgan fingerprint density at radius 1 is 1.29 bits per heavy atom. The van der Waals surface area contributed by atoms with Crippen LogP contribution in [-0.2, 0) is 4.74 Å². The highest BCUT2D eigenvalue weighted by Crippen LogP contribution is 2.14. The summed E-state index contributed by atoms with van der Waals surface area (Å²) >= 11 is 0. The summed E-state index contributed by atoms with van der Waals surface area (Å²) in [7, 11) is 0. The van der Waals surface area contributed by atoms with Crippen LogP contribution in [0.2, 0.25) is 0 Å². The lowest BCUT2D eigenvalue weighted by molar-refractivity contribution is 0.108. The van der Waals surface area contributed by atoms with Crippen molar-refractivity contribution in [1.29, 1.82) is 0 Å². The zero-order valence-corrected chi connectivity index (χ0v) is 10.4. The van der Waals surface area contributed by atoms with Crippen molar-refractivity contribution < 1.29 is 9.47 Å². The molecule has 0 radical (unpaired) electrons. The lowest BCUT2D eigenvalue weighted by Crippen LogP contribution is -2.10. The Morgan fingerprint density at radius 2 is 2.12 bits per heavy atom. The van der Waals surface area contributed by atoms with Gasteiger partial charge in [-0.15, -0.1) is 0 Å². The molecule has 0 aliphatic carbocycles. The third-order valence-electron chi connectivity index (χ3n) is 1.96. The molecule has 0 aromatic carbocycles. The predicted octanol–water partition coefficient (Wildman–Crippen LogP) is 1.30. The summed E-state index contributed by atoms with van der Waals surface area (Å²) < 4.78 is 10.6. The van der Waals surface area contributed by atoms with E-state index in [0.29, 0.717) is 31.5 Å². The topological polar surface area (TPSA) is 82.3 Å². The van der Waals surface area contributed by atoms with Crippen LogP contribution in [0.4, 0.5) is 11.8 Å². The van der Waals surface area contributed by atoms with Crippen LogP contribution in [-0.4, -0.2) is 36.3 Å². The smallest absolute Gasteiger partial charge is 0.225 e. The van der Waals surface area contributed by atoms with Gasteiger partial charge in [0.1, 0.15) is 12.4 Å². The van der Waals surface area contributed by atoms with Gasteiger partial charge >= 0.3 is 0 Å². The SMILES string of the molecule is CCCNc1cc(OCCOCC)nc(N)n1. The summed E-state index contributed by atoms with van der Waals surface area (Å²) in [6, 6.07) is 1.73. The van der Waals surface area contributed by atoms with E-state index in [1.54, 1.807) is 6.07 Å². The van der Waals surface area contributed by atoms with Gasteiger partial charge in [-0.25, -0.2) is 0 Å². The second-order valence-electron chi connectivity index (χ2n) is 3.42. The van der Waals surface area contributed by atoms with E-state index in [1.807, 2.05) is 6.92 Å². The minimum absolute atomic E-state index is 0.206. The molecule has 0 aliphatic heterocycles. The maximum atomic E-state index is 5.59. The molecule has 1 aromatic rings. The Balaban J connectivity index is 2.50. The Bertz CT molecular complexity index is 333. The van der Waals surface area contributed by atoms with Crippen molar-refractivity contribution in [3.05, 3.63) is 6.07 Å². The number of anilines is 2. The maximum absolute atomic E-state index is 5.59. The first-order valence-corrected chi connectivity index (χ1v) is 5.85. The van der Waals surface area contributed by atoms with Gasteiger partial charge < -0.3 is 20.5 Å². The molecule has 6 nitrogen and oxygen atoms in total. The summed E-state index contributed by atoms with van der Waals surface area (Å²) in [5, 5.41) is 3.13. The van der Waals surface area contributed by atoms with E-state index >= 15 is 0 Å². The highest BCUT2D eigenvalue weighted by atomic mass is 16.5. The van der Waals surface area contributed by atoms with Crippen molar-refractivity contribution in [3.8, 4) is 5.88 Å². The summed E-state index contributed by atoms with van der Waals surface area (Å²) in [6.45, 7) is 6.54. The van der Waals surface area contributed by atoms with Gasteiger partial charge in [0.2, 0.25) is 11.8 Å². The number of rotatable bonds is 8. The Hall–Kier alpha value is -1.56. The quantitative estimate of drug-likeness (QED) is 0.666. The van der Waals surface area contributed by atoms with E-state index in [2.05, 4.69) is 22.2 Å². The number of nitrogen functional groups attached to an aromatic ring is 1. The van der Waals surface area contributed by atoms with Crippen LogP contribution >= 0.6 is 0 Å². The first kappa shape index (κ1) is 13.5. The molecular weight excluding hydrogens is 220 g/mol. The third-order valence-corrected chi connectivity index (χ3v) is 1.96. The highest BCUT2D eigenvalue weighted by molar-refractivity contribution is 5.42. The van der Waals surface area contributed by atoms with Gasteiger partial charge in [0.25, 0.3) is 0 Å². The van der Waals surface area contributed by atoms with Crippen LogP contribution in [0.15, 0.2) is 6.07 Å². The average molecular weight is 240 g/mol. The largest absolute Gasteiger partial charge is 0.475 e. The van der Waals surface area contributed by atoms with Gasteiger partial charge in [-0.2, -0.15) is 9.97 Å². The summed E-state index contributed by atoms with van der Waals surface area (Å²) in [6.07, 6.45) is 1.02. The van der Waals surface area contributed by atoms with Gasteiger partial charge in [0.05, 0.1) is 6.61 Å². The average Bonchev–Trinajstić information content (AvgIpc) is 2.31.